The molecule has 0 aliphatic rings. The molecule has 0 saturated heterocycles. The van der Waals surface area contributed by atoms with Crippen LogP contribution in [0.5, 0.6) is 11.5 Å². The van der Waals surface area contributed by atoms with E-state index >= 15 is 0 Å². The van der Waals surface area contributed by atoms with Gasteiger partial charge in [-0.15, -0.1) is 0 Å². The number of hydrazone groups is 1. The van der Waals surface area contributed by atoms with Gasteiger partial charge in [-0.3, -0.25) is 4.79 Å². The standard InChI is InChI=1S/C25H25ClN2O3/c1-2-30-24-16-20(12-14-23(24)31-18-21-10-6-7-11-22(21)26)17-27-28-25(29)15-13-19-8-4-3-5-9-19/h3-12,14,16-17H,2,13,15,18H2,1H3,(H,28,29)/b27-17-. The van der Waals surface area contributed by atoms with Crippen LogP contribution < -0.4 is 14.9 Å². The quantitative estimate of drug-likeness (QED) is 0.342. The lowest BCUT2D eigenvalue weighted by atomic mass is 10.1. The number of halogens is 1. The van der Waals surface area contributed by atoms with Gasteiger partial charge >= 0.3 is 0 Å². The minimum Gasteiger partial charge on any atom is -0.490 e. The molecular weight excluding hydrogens is 412 g/mol. The lowest BCUT2D eigenvalue weighted by Gasteiger charge is -2.13. The van der Waals surface area contributed by atoms with Crippen molar-refractivity contribution >= 4 is 23.7 Å². The SMILES string of the molecule is CCOc1cc(/C=N\NC(=O)CCc2ccccc2)ccc1OCc1ccccc1Cl. The molecule has 5 nitrogen and oxygen atoms in total. The third-order valence-electron chi connectivity index (χ3n) is 4.50. The van der Waals surface area contributed by atoms with Crippen LogP contribution in [0.3, 0.4) is 0 Å². The number of aryl methyl sites for hydroxylation is 1. The van der Waals surface area contributed by atoms with Crippen molar-refractivity contribution in [3.05, 3.63) is 94.5 Å². The lowest BCUT2D eigenvalue weighted by Crippen LogP contribution is -2.17. The molecule has 0 heterocycles. The molecule has 3 rings (SSSR count). The summed E-state index contributed by atoms with van der Waals surface area (Å²) in [5.74, 6) is 1.09. The highest BCUT2D eigenvalue weighted by Gasteiger charge is 2.08. The predicted octanol–water partition coefficient (Wildman–Crippen LogP) is 5.40. The topological polar surface area (TPSA) is 59.9 Å². The largest absolute Gasteiger partial charge is 0.490 e. The lowest BCUT2D eigenvalue weighted by molar-refractivity contribution is -0.121. The summed E-state index contributed by atoms with van der Waals surface area (Å²) in [5.41, 5.74) is 5.37. The Balaban J connectivity index is 1.56. The van der Waals surface area contributed by atoms with E-state index in [1.54, 1.807) is 6.21 Å². The third kappa shape index (κ3) is 7.15. The summed E-state index contributed by atoms with van der Waals surface area (Å²) < 4.78 is 11.6. The number of rotatable bonds is 10. The van der Waals surface area contributed by atoms with E-state index in [1.165, 1.54) is 0 Å². The molecule has 0 aliphatic carbocycles. The van der Waals surface area contributed by atoms with Gasteiger partial charge in [0.1, 0.15) is 6.61 Å². The van der Waals surface area contributed by atoms with E-state index in [1.807, 2.05) is 79.7 Å². The second-order valence-electron chi connectivity index (χ2n) is 6.80. The average Bonchev–Trinajstić information content (AvgIpc) is 2.79. The number of nitrogens with one attached hydrogen (secondary N) is 1. The Hall–Kier alpha value is -3.31. The number of nitrogens with zero attached hydrogens (tertiary/aromatic N) is 1. The van der Waals surface area contributed by atoms with Gasteiger partial charge in [-0.2, -0.15) is 5.10 Å². The maximum absolute atomic E-state index is 12.0. The van der Waals surface area contributed by atoms with Gasteiger partial charge in [0.05, 0.1) is 12.8 Å². The highest BCUT2D eigenvalue weighted by Crippen LogP contribution is 2.29. The molecule has 160 valence electrons. The van der Waals surface area contributed by atoms with Crippen LogP contribution in [0, 0.1) is 0 Å². The van der Waals surface area contributed by atoms with Crippen molar-refractivity contribution in [3.8, 4) is 11.5 Å². The van der Waals surface area contributed by atoms with E-state index in [9.17, 15) is 4.79 Å². The monoisotopic (exact) mass is 436 g/mol. The third-order valence-corrected chi connectivity index (χ3v) is 4.86. The molecule has 0 fully saturated rings. The second-order valence-corrected chi connectivity index (χ2v) is 7.21. The van der Waals surface area contributed by atoms with Crippen LogP contribution in [0.4, 0.5) is 0 Å². The van der Waals surface area contributed by atoms with Crippen LogP contribution in [-0.4, -0.2) is 18.7 Å². The first-order chi connectivity index (χ1) is 15.2. The maximum atomic E-state index is 12.0. The molecule has 0 spiro atoms. The molecule has 0 atom stereocenters. The predicted molar refractivity (Wildman–Crippen MR) is 124 cm³/mol. The number of amides is 1. The molecule has 3 aromatic carbocycles. The van der Waals surface area contributed by atoms with Crippen molar-refractivity contribution in [1.82, 2.24) is 5.43 Å². The Kier molecular flexibility index (Phi) is 8.49. The van der Waals surface area contributed by atoms with Gasteiger partial charge in [0.2, 0.25) is 5.91 Å². The summed E-state index contributed by atoms with van der Waals surface area (Å²) in [7, 11) is 0. The van der Waals surface area contributed by atoms with Gasteiger partial charge in [0.15, 0.2) is 11.5 Å². The molecule has 1 amide bonds. The number of hydrogen-bond donors (Lipinski definition) is 1. The van der Waals surface area contributed by atoms with Crippen LogP contribution in [-0.2, 0) is 17.8 Å². The van der Waals surface area contributed by atoms with Gasteiger partial charge in [-0.1, -0.05) is 60.1 Å². The first-order valence-corrected chi connectivity index (χ1v) is 10.5. The van der Waals surface area contributed by atoms with Gasteiger partial charge < -0.3 is 9.47 Å². The normalized spacial score (nSPS) is 10.8. The number of ether oxygens (including phenoxy) is 2. The Labute approximate surface area is 187 Å². The van der Waals surface area contributed by atoms with Crippen molar-refractivity contribution < 1.29 is 14.3 Å². The van der Waals surface area contributed by atoms with E-state index in [2.05, 4.69) is 10.5 Å². The van der Waals surface area contributed by atoms with Gasteiger partial charge in [0.25, 0.3) is 0 Å². The summed E-state index contributed by atoms with van der Waals surface area (Å²) in [6, 6.07) is 22.9. The fraction of sp³-hybridized carbons (Fsp3) is 0.200. The van der Waals surface area contributed by atoms with Gasteiger partial charge in [-0.05, 0) is 48.7 Å². The molecule has 6 heteroatoms. The molecule has 0 saturated carbocycles. The van der Waals surface area contributed by atoms with Crippen molar-refractivity contribution in [1.29, 1.82) is 0 Å². The molecule has 0 aliphatic heterocycles. The molecule has 0 bridgehead atoms. The van der Waals surface area contributed by atoms with E-state index in [0.29, 0.717) is 42.6 Å². The fourth-order valence-electron chi connectivity index (χ4n) is 2.90. The molecular formula is C25H25ClN2O3. The smallest absolute Gasteiger partial charge is 0.240 e. The summed E-state index contributed by atoms with van der Waals surface area (Å²) in [5, 5.41) is 4.71. The average molecular weight is 437 g/mol. The minimum atomic E-state index is -0.134. The van der Waals surface area contributed by atoms with Crippen molar-refractivity contribution in [2.24, 2.45) is 5.10 Å². The molecule has 0 radical (unpaired) electrons. The van der Waals surface area contributed by atoms with Crippen molar-refractivity contribution in [3.63, 3.8) is 0 Å². The van der Waals surface area contributed by atoms with Gasteiger partial charge in [-0.25, -0.2) is 5.43 Å². The first kappa shape index (κ1) is 22.4. The van der Waals surface area contributed by atoms with Crippen LogP contribution in [0.2, 0.25) is 5.02 Å². The summed E-state index contributed by atoms with van der Waals surface area (Å²) in [6.07, 6.45) is 2.63. The number of carbonyl (C=O) groups is 1. The Morgan fingerprint density at radius 2 is 1.77 bits per heavy atom. The molecule has 31 heavy (non-hydrogen) atoms. The zero-order valence-corrected chi connectivity index (χ0v) is 18.1. The van der Waals surface area contributed by atoms with Crippen molar-refractivity contribution in [2.75, 3.05) is 6.61 Å². The summed E-state index contributed by atoms with van der Waals surface area (Å²) in [6.45, 7) is 2.75. The molecule has 3 aromatic rings. The maximum Gasteiger partial charge on any atom is 0.240 e. The van der Waals surface area contributed by atoms with Crippen molar-refractivity contribution in [2.45, 2.75) is 26.4 Å². The Morgan fingerprint density at radius 3 is 2.55 bits per heavy atom. The summed E-state index contributed by atoms with van der Waals surface area (Å²) >= 11 is 6.19. The van der Waals surface area contributed by atoms with E-state index in [-0.39, 0.29) is 5.91 Å². The Bertz CT molecular complexity index is 1020. The molecule has 0 aromatic heterocycles. The summed E-state index contributed by atoms with van der Waals surface area (Å²) in [4.78, 5) is 12.0. The zero-order chi connectivity index (χ0) is 21.9. The second kappa shape index (κ2) is 11.8. The van der Waals surface area contributed by atoms with E-state index in [0.717, 1.165) is 16.7 Å². The number of benzene rings is 3. The van der Waals surface area contributed by atoms with E-state index < -0.39 is 0 Å². The minimum absolute atomic E-state index is 0.134. The first-order valence-electron chi connectivity index (χ1n) is 10.1. The number of hydrogen-bond acceptors (Lipinski definition) is 4. The van der Waals surface area contributed by atoms with Crippen LogP contribution in [0.15, 0.2) is 77.9 Å². The Morgan fingerprint density at radius 1 is 1.00 bits per heavy atom. The van der Waals surface area contributed by atoms with Crippen LogP contribution in [0.25, 0.3) is 0 Å². The zero-order valence-electron chi connectivity index (χ0n) is 17.4. The van der Waals surface area contributed by atoms with E-state index in [4.69, 9.17) is 21.1 Å². The fourth-order valence-corrected chi connectivity index (χ4v) is 3.09. The van der Waals surface area contributed by atoms with Gasteiger partial charge in [0, 0.05) is 17.0 Å². The molecule has 0 unspecified atom stereocenters. The highest BCUT2D eigenvalue weighted by atomic mass is 35.5. The highest BCUT2D eigenvalue weighted by molar-refractivity contribution is 6.31. The van der Waals surface area contributed by atoms with Crippen LogP contribution in [0.1, 0.15) is 30.0 Å². The number of carbonyl (C=O) groups excluding carboxylic acids is 1. The molecule has 1 N–H and O–H groups in total. The van der Waals surface area contributed by atoms with Crippen LogP contribution >= 0.6 is 11.6 Å².